The zero-order valence-corrected chi connectivity index (χ0v) is 11.1. The number of anilines is 1. The summed E-state index contributed by atoms with van der Waals surface area (Å²) < 4.78 is 0. The second-order valence-electron chi connectivity index (χ2n) is 4.26. The first-order valence-corrected chi connectivity index (χ1v) is 6.40. The van der Waals surface area contributed by atoms with Gasteiger partial charge in [-0.2, -0.15) is 0 Å². The van der Waals surface area contributed by atoms with Crippen molar-refractivity contribution in [2.45, 2.75) is 25.7 Å². The second kappa shape index (κ2) is 5.83. The quantitative estimate of drug-likeness (QED) is 0.858. The van der Waals surface area contributed by atoms with Crippen LogP contribution in [0.1, 0.15) is 30.5 Å². The number of rotatable bonds is 4. The lowest BCUT2D eigenvalue weighted by Gasteiger charge is -2.15. The molecule has 2 aromatic rings. The monoisotopic (exact) mass is 261 g/mol. The van der Waals surface area contributed by atoms with Gasteiger partial charge in [0.15, 0.2) is 0 Å². The van der Waals surface area contributed by atoms with E-state index in [4.69, 9.17) is 17.3 Å². The van der Waals surface area contributed by atoms with Crippen molar-refractivity contribution in [2.75, 3.05) is 5.73 Å². The van der Waals surface area contributed by atoms with Crippen LogP contribution in [0.25, 0.3) is 0 Å². The Bertz CT molecular complexity index is 493. The highest BCUT2D eigenvalue weighted by molar-refractivity contribution is 6.29. The fourth-order valence-electron chi connectivity index (χ4n) is 2.06. The van der Waals surface area contributed by atoms with E-state index in [2.05, 4.69) is 41.2 Å². The van der Waals surface area contributed by atoms with E-state index in [1.165, 1.54) is 5.56 Å². The molecule has 3 nitrogen and oxygen atoms in total. The molecular formula is C14H16ClN3. The van der Waals surface area contributed by atoms with Crippen molar-refractivity contribution < 1.29 is 0 Å². The van der Waals surface area contributed by atoms with Gasteiger partial charge >= 0.3 is 0 Å². The molecule has 0 bridgehead atoms. The first-order valence-electron chi connectivity index (χ1n) is 6.03. The van der Waals surface area contributed by atoms with Crippen molar-refractivity contribution in [3.63, 3.8) is 0 Å². The Labute approximate surface area is 112 Å². The summed E-state index contributed by atoms with van der Waals surface area (Å²) >= 11 is 5.89. The van der Waals surface area contributed by atoms with Crippen LogP contribution in [-0.2, 0) is 6.42 Å². The standard InChI is InChI=1S/C14H16ClN3/c1-2-10(11-6-4-3-5-7-11)8-12-9-13(15)18-14(16)17-12/h3-7,9-10H,2,8H2,1H3,(H2,16,17,18). The van der Waals surface area contributed by atoms with Crippen LogP contribution in [0.15, 0.2) is 36.4 Å². The molecule has 1 aromatic heterocycles. The SMILES string of the molecule is CCC(Cc1cc(Cl)nc(N)n1)c1ccccc1. The van der Waals surface area contributed by atoms with Crippen molar-refractivity contribution in [1.29, 1.82) is 0 Å². The van der Waals surface area contributed by atoms with Crippen LogP contribution >= 0.6 is 11.6 Å². The van der Waals surface area contributed by atoms with Crippen LogP contribution in [0, 0.1) is 0 Å². The third kappa shape index (κ3) is 3.20. The Morgan fingerprint density at radius 1 is 1.22 bits per heavy atom. The van der Waals surface area contributed by atoms with Crippen molar-refractivity contribution >= 4 is 17.5 Å². The predicted octanol–water partition coefficient (Wildman–Crippen LogP) is 3.45. The fraction of sp³-hybridized carbons (Fsp3) is 0.286. The summed E-state index contributed by atoms with van der Waals surface area (Å²) in [6.45, 7) is 2.17. The Hall–Kier alpha value is -1.61. The average Bonchev–Trinajstić information content (AvgIpc) is 2.36. The minimum Gasteiger partial charge on any atom is -0.368 e. The van der Waals surface area contributed by atoms with Gasteiger partial charge in [-0.1, -0.05) is 48.9 Å². The molecule has 4 heteroatoms. The molecule has 0 aliphatic rings. The van der Waals surface area contributed by atoms with Crippen molar-refractivity contribution in [3.05, 3.63) is 52.8 Å². The largest absolute Gasteiger partial charge is 0.368 e. The van der Waals surface area contributed by atoms with E-state index < -0.39 is 0 Å². The second-order valence-corrected chi connectivity index (χ2v) is 4.65. The number of benzene rings is 1. The zero-order valence-electron chi connectivity index (χ0n) is 10.3. The van der Waals surface area contributed by atoms with Crippen molar-refractivity contribution in [1.82, 2.24) is 9.97 Å². The first kappa shape index (κ1) is 12.8. The van der Waals surface area contributed by atoms with Crippen LogP contribution in [-0.4, -0.2) is 9.97 Å². The molecule has 2 rings (SSSR count). The molecule has 1 atom stereocenters. The molecule has 0 fully saturated rings. The summed E-state index contributed by atoms with van der Waals surface area (Å²) in [5.74, 6) is 0.664. The van der Waals surface area contributed by atoms with E-state index >= 15 is 0 Å². The van der Waals surface area contributed by atoms with E-state index in [-0.39, 0.29) is 5.95 Å². The molecule has 0 aliphatic heterocycles. The molecule has 0 radical (unpaired) electrons. The number of nitrogen functional groups attached to an aromatic ring is 1. The Balaban J connectivity index is 2.20. The molecule has 0 amide bonds. The van der Waals surface area contributed by atoms with Crippen LogP contribution < -0.4 is 5.73 Å². The summed E-state index contributed by atoms with van der Waals surface area (Å²) in [4.78, 5) is 8.10. The van der Waals surface area contributed by atoms with Gasteiger partial charge in [0, 0.05) is 5.69 Å². The topological polar surface area (TPSA) is 51.8 Å². The number of nitrogens with zero attached hydrogens (tertiary/aromatic N) is 2. The van der Waals surface area contributed by atoms with Crippen molar-refractivity contribution in [3.8, 4) is 0 Å². The number of nitrogens with two attached hydrogens (primary N) is 1. The van der Waals surface area contributed by atoms with E-state index in [0.29, 0.717) is 11.1 Å². The number of hydrogen-bond donors (Lipinski definition) is 1. The maximum absolute atomic E-state index is 5.89. The van der Waals surface area contributed by atoms with Crippen LogP contribution in [0.2, 0.25) is 5.15 Å². The average molecular weight is 262 g/mol. The lowest BCUT2D eigenvalue weighted by molar-refractivity contribution is 0.649. The van der Waals surface area contributed by atoms with Crippen molar-refractivity contribution in [2.24, 2.45) is 0 Å². The summed E-state index contributed by atoms with van der Waals surface area (Å²) in [7, 11) is 0. The minimum absolute atomic E-state index is 0.236. The van der Waals surface area contributed by atoms with Crippen LogP contribution in [0.3, 0.4) is 0 Å². The predicted molar refractivity (Wildman–Crippen MR) is 74.6 cm³/mol. The minimum atomic E-state index is 0.236. The summed E-state index contributed by atoms with van der Waals surface area (Å²) in [6, 6.07) is 12.2. The van der Waals surface area contributed by atoms with Gasteiger partial charge in [0.05, 0.1) is 0 Å². The first-order chi connectivity index (χ1) is 8.69. The van der Waals surface area contributed by atoms with E-state index in [1.54, 1.807) is 6.07 Å². The molecule has 1 heterocycles. The molecule has 94 valence electrons. The van der Waals surface area contributed by atoms with Gasteiger partial charge in [0.25, 0.3) is 0 Å². The lowest BCUT2D eigenvalue weighted by Crippen LogP contribution is -2.06. The van der Waals surface area contributed by atoms with Gasteiger partial charge in [-0.15, -0.1) is 0 Å². The van der Waals surface area contributed by atoms with Gasteiger partial charge < -0.3 is 5.73 Å². The van der Waals surface area contributed by atoms with Crippen LogP contribution in [0.5, 0.6) is 0 Å². The highest BCUT2D eigenvalue weighted by atomic mass is 35.5. The van der Waals surface area contributed by atoms with Gasteiger partial charge in [-0.25, -0.2) is 9.97 Å². The normalized spacial score (nSPS) is 12.3. The highest BCUT2D eigenvalue weighted by Crippen LogP contribution is 2.24. The number of hydrogen-bond acceptors (Lipinski definition) is 3. The summed E-state index contributed by atoms with van der Waals surface area (Å²) in [5.41, 5.74) is 7.81. The maximum atomic E-state index is 5.89. The number of aromatic nitrogens is 2. The third-order valence-electron chi connectivity index (χ3n) is 2.98. The molecule has 1 aromatic carbocycles. The molecule has 1 unspecified atom stereocenters. The molecule has 18 heavy (non-hydrogen) atoms. The molecular weight excluding hydrogens is 246 g/mol. The van der Waals surface area contributed by atoms with E-state index in [1.807, 2.05) is 6.07 Å². The molecule has 2 N–H and O–H groups in total. The fourth-order valence-corrected chi connectivity index (χ4v) is 2.28. The smallest absolute Gasteiger partial charge is 0.221 e. The Morgan fingerprint density at radius 2 is 1.94 bits per heavy atom. The Morgan fingerprint density at radius 3 is 2.56 bits per heavy atom. The van der Waals surface area contributed by atoms with Gasteiger partial charge in [0.1, 0.15) is 5.15 Å². The Kier molecular flexibility index (Phi) is 4.15. The van der Waals surface area contributed by atoms with Gasteiger partial charge in [-0.05, 0) is 30.4 Å². The van der Waals surface area contributed by atoms with Crippen LogP contribution in [0.4, 0.5) is 5.95 Å². The van der Waals surface area contributed by atoms with E-state index in [0.717, 1.165) is 18.5 Å². The third-order valence-corrected chi connectivity index (χ3v) is 3.18. The maximum Gasteiger partial charge on any atom is 0.221 e. The highest BCUT2D eigenvalue weighted by Gasteiger charge is 2.12. The molecule has 0 saturated carbocycles. The zero-order chi connectivity index (χ0) is 13.0. The van der Waals surface area contributed by atoms with Gasteiger partial charge in [-0.3, -0.25) is 0 Å². The molecule has 0 saturated heterocycles. The molecule has 0 spiro atoms. The molecule has 0 aliphatic carbocycles. The summed E-state index contributed by atoms with van der Waals surface area (Å²) in [6.07, 6.45) is 1.87. The lowest BCUT2D eigenvalue weighted by atomic mass is 9.92. The summed E-state index contributed by atoms with van der Waals surface area (Å²) in [5, 5.41) is 0.403. The van der Waals surface area contributed by atoms with E-state index in [9.17, 15) is 0 Å². The van der Waals surface area contributed by atoms with Gasteiger partial charge in [0.2, 0.25) is 5.95 Å². The number of halogens is 1.